The van der Waals surface area contributed by atoms with Gasteiger partial charge in [-0.3, -0.25) is 9.59 Å². The fourth-order valence-corrected chi connectivity index (χ4v) is 7.14. The van der Waals surface area contributed by atoms with Crippen LogP contribution in [-0.2, 0) is 19.1 Å². The number of esters is 2. The van der Waals surface area contributed by atoms with Crippen LogP contribution < -0.4 is 0 Å². The second kappa shape index (κ2) is 53.9. The maximum absolute atomic E-state index is 12.2. The summed E-state index contributed by atoms with van der Waals surface area (Å²) < 4.78 is 10.6. The summed E-state index contributed by atoms with van der Waals surface area (Å²) >= 11 is 0. The van der Waals surface area contributed by atoms with Crippen molar-refractivity contribution in [2.75, 3.05) is 13.2 Å². The van der Waals surface area contributed by atoms with Gasteiger partial charge in [0.1, 0.15) is 6.61 Å². The molecule has 0 rings (SSSR count). The minimum Gasteiger partial charge on any atom is -0.462 e. The molecule has 0 aliphatic carbocycles. The lowest BCUT2D eigenvalue weighted by molar-refractivity contribution is -0.161. The van der Waals surface area contributed by atoms with Crippen molar-refractivity contribution in [1.82, 2.24) is 0 Å². The van der Waals surface area contributed by atoms with Crippen molar-refractivity contribution in [1.29, 1.82) is 0 Å². The summed E-state index contributed by atoms with van der Waals surface area (Å²) in [7, 11) is 0. The van der Waals surface area contributed by atoms with E-state index in [1.165, 1.54) is 109 Å². The predicted molar refractivity (Wildman–Crippen MR) is 279 cm³/mol. The fourth-order valence-electron chi connectivity index (χ4n) is 7.14. The quantitative estimate of drug-likeness (QED) is 0.0374. The van der Waals surface area contributed by atoms with E-state index in [1.54, 1.807) is 0 Å². The minimum atomic E-state index is -0.776. The smallest absolute Gasteiger partial charge is 0.306 e. The first-order valence-electron chi connectivity index (χ1n) is 26.4. The van der Waals surface area contributed by atoms with Crippen LogP contribution in [0.2, 0.25) is 0 Å². The molecule has 1 atom stereocenters. The third-order valence-corrected chi connectivity index (χ3v) is 11.1. The van der Waals surface area contributed by atoms with Gasteiger partial charge in [0.05, 0.1) is 6.61 Å². The third-order valence-electron chi connectivity index (χ3n) is 11.1. The molecule has 0 saturated heterocycles. The number of unbranched alkanes of at least 4 members (excludes halogenated alkanes) is 21. The molecule has 0 fully saturated rings. The summed E-state index contributed by atoms with van der Waals surface area (Å²) in [6, 6.07) is 0. The highest BCUT2D eigenvalue weighted by Gasteiger charge is 2.16. The molecular weight excluding hydrogens is 789 g/mol. The average Bonchev–Trinajstić information content (AvgIpc) is 3.30. The van der Waals surface area contributed by atoms with E-state index < -0.39 is 6.10 Å². The van der Waals surface area contributed by atoms with Crippen LogP contribution in [0.5, 0.6) is 0 Å². The van der Waals surface area contributed by atoms with Crippen LogP contribution in [0.15, 0.2) is 109 Å². The number of ether oxygens (including phenoxy) is 2. The van der Waals surface area contributed by atoms with Gasteiger partial charge >= 0.3 is 11.9 Å². The number of allylic oxidation sites excluding steroid dienone is 18. The van der Waals surface area contributed by atoms with Crippen molar-refractivity contribution in [3.05, 3.63) is 109 Å². The number of hydrogen-bond acceptors (Lipinski definition) is 5. The Balaban J connectivity index is 3.56. The Morgan fingerprint density at radius 3 is 1.02 bits per heavy atom. The third kappa shape index (κ3) is 51.2. The van der Waals surface area contributed by atoms with Crippen LogP contribution in [0.4, 0.5) is 0 Å². The summed E-state index contributed by atoms with van der Waals surface area (Å²) in [5.41, 5.74) is 0. The Morgan fingerprint density at radius 2 is 0.672 bits per heavy atom. The molecule has 0 aromatic carbocycles. The zero-order valence-electron chi connectivity index (χ0n) is 41.5. The average molecular weight is 887 g/mol. The lowest BCUT2D eigenvalue weighted by Crippen LogP contribution is -2.28. The molecule has 0 amide bonds. The summed E-state index contributed by atoms with van der Waals surface area (Å²) in [4.78, 5) is 24.3. The molecule has 0 spiro atoms. The fraction of sp³-hybridized carbons (Fsp3) is 0.661. The van der Waals surface area contributed by atoms with Gasteiger partial charge in [-0.2, -0.15) is 0 Å². The molecule has 1 N–H and O–H groups in total. The van der Waals surface area contributed by atoms with Gasteiger partial charge in [-0.05, 0) is 83.5 Å². The first-order valence-corrected chi connectivity index (χ1v) is 26.4. The molecule has 0 heterocycles. The number of aliphatic hydroxyl groups is 1. The number of rotatable bonds is 47. The van der Waals surface area contributed by atoms with Gasteiger partial charge in [0.2, 0.25) is 0 Å². The van der Waals surface area contributed by atoms with Gasteiger partial charge < -0.3 is 14.6 Å². The van der Waals surface area contributed by atoms with E-state index >= 15 is 0 Å². The molecule has 0 bridgehead atoms. The van der Waals surface area contributed by atoms with Crippen LogP contribution in [0.1, 0.15) is 232 Å². The van der Waals surface area contributed by atoms with Crippen molar-refractivity contribution in [3.63, 3.8) is 0 Å². The normalized spacial score (nSPS) is 13.1. The van der Waals surface area contributed by atoms with Crippen molar-refractivity contribution in [3.8, 4) is 0 Å². The topological polar surface area (TPSA) is 72.8 Å². The first kappa shape index (κ1) is 60.6. The van der Waals surface area contributed by atoms with Gasteiger partial charge in [0.25, 0.3) is 0 Å². The molecule has 0 aliphatic rings. The van der Waals surface area contributed by atoms with Gasteiger partial charge in [-0.1, -0.05) is 245 Å². The van der Waals surface area contributed by atoms with Crippen LogP contribution in [-0.4, -0.2) is 36.4 Å². The summed E-state index contributed by atoms with van der Waals surface area (Å²) in [5.74, 6) is -0.596. The minimum absolute atomic E-state index is 0.0687. The monoisotopic (exact) mass is 887 g/mol. The largest absolute Gasteiger partial charge is 0.462 e. The molecule has 0 aromatic rings. The van der Waals surface area contributed by atoms with Crippen molar-refractivity contribution in [2.45, 2.75) is 238 Å². The van der Waals surface area contributed by atoms with Crippen molar-refractivity contribution in [2.24, 2.45) is 0 Å². The van der Waals surface area contributed by atoms with Crippen LogP contribution in [0, 0.1) is 0 Å². The maximum Gasteiger partial charge on any atom is 0.306 e. The Kier molecular flexibility index (Phi) is 51.0. The molecule has 0 aromatic heterocycles. The predicted octanol–water partition coefficient (Wildman–Crippen LogP) is 17.7. The van der Waals surface area contributed by atoms with E-state index in [0.29, 0.717) is 12.8 Å². The lowest BCUT2D eigenvalue weighted by Gasteiger charge is -2.15. The number of carbonyl (C=O) groups is 2. The van der Waals surface area contributed by atoms with E-state index in [9.17, 15) is 14.7 Å². The van der Waals surface area contributed by atoms with E-state index in [2.05, 4.69) is 123 Å². The molecule has 1 unspecified atom stereocenters. The summed E-state index contributed by atoms with van der Waals surface area (Å²) in [5, 5.41) is 9.59. The molecule has 5 nitrogen and oxygen atoms in total. The zero-order chi connectivity index (χ0) is 46.3. The Bertz CT molecular complexity index is 1280. The van der Waals surface area contributed by atoms with Gasteiger partial charge in [-0.25, -0.2) is 0 Å². The highest BCUT2D eigenvalue weighted by Crippen LogP contribution is 2.15. The first-order chi connectivity index (χ1) is 31.6. The van der Waals surface area contributed by atoms with Gasteiger partial charge in [-0.15, -0.1) is 0 Å². The number of hydrogen-bond donors (Lipinski definition) is 1. The number of carbonyl (C=O) groups excluding carboxylic acids is 2. The van der Waals surface area contributed by atoms with Crippen molar-refractivity contribution < 1.29 is 24.2 Å². The highest BCUT2D eigenvalue weighted by molar-refractivity contribution is 5.70. The Labute approximate surface area is 395 Å². The zero-order valence-corrected chi connectivity index (χ0v) is 41.5. The second-order valence-electron chi connectivity index (χ2n) is 17.2. The standard InChI is InChI=1S/C59H98O5/c1-3-5-7-9-11-13-15-16-17-18-19-20-21-22-23-24-25-26-27-28-29-30-31-32-33-34-35-36-37-38-39-40-41-42-44-46-48-50-52-54-59(62)64-57(55-60)56-63-58(61)53-51-49-47-45-43-14-12-10-8-6-4-2/h5,7,11,13,16-17,19-20,22-23,25-26,28-29,31-32,34-35,57,60H,3-4,6,8-10,12,14-15,18,21,24,27,30,33,36-56H2,1-2H3/b7-5-,13-11-,17-16-,20-19-,23-22-,26-25-,29-28-,32-31-,35-34-. The summed E-state index contributed by atoms with van der Waals surface area (Å²) in [6.07, 6.45) is 77.7. The molecule has 5 heteroatoms. The molecule has 64 heavy (non-hydrogen) atoms. The molecule has 364 valence electrons. The molecule has 0 saturated carbocycles. The molecule has 0 aliphatic heterocycles. The lowest BCUT2D eigenvalue weighted by atomic mass is 10.0. The highest BCUT2D eigenvalue weighted by atomic mass is 16.6. The van der Waals surface area contributed by atoms with Crippen LogP contribution in [0.25, 0.3) is 0 Å². The number of aliphatic hydroxyl groups excluding tert-OH is 1. The van der Waals surface area contributed by atoms with E-state index in [0.717, 1.165) is 96.3 Å². The van der Waals surface area contributed by atoms with E-state index in [1.807, 2.05) is 0 Å². The second-order valence-corrected chi connectivity index (χ2v) is 17.2. The van der Waals surface area contributed by atoms with Gasteiger partial charge in [0.15, 0.2) is 6.10 Å². The maximum atomic E-state index is 12.2. The van der Waals surface area contributed by atoms with E-state index in [4.69, 9.17) is 9.47 Å². The summed E-state index contributed by atoms with van der Waals surface area (Å²) in [6.45, 7) is 4.01. The van der Waals surface area contributed by atoms with Crippen molar-refractivity contribution >= 4 is 11.9 Å². The van der Waals surface area contributed by atoms with Gasteiger partial charge in [0, 0.05) is 12.8 Å². The SMILES string of the molecule is CC/C=C\C/C=C\C/C=C\C/C=C\C/C=C\C/C=C\C/C=C\C/C=C\C/C=C\CCCCCCCCCCCCCC(=O)OC(CO)COC(=O)CCCCCCCCCCCCC. The Morgan fingerprint density at radius 1 is 0.375 bits per heavy atom. The Hall–Kier alpha value is -3.44. The van der Waals surface area contributed by atoms with E-state index in [-0.39, 0.29) is 25.2 Å². The molecular formula is C59H98O5. The van der Waals surface area contributed by atoms with Crippen LogP contribution in [0.3, 0.4) is 0 Å². The molecule has 0 radical (unpaired) electrons. The van der Waals surface area contributed by atoms with Crippen LogP contribution >= 0.6 is 0 Å².